The highest BCUT2D eigenvalue weighted by atomic mass is 16.4. The van der Waals surface area contributed by atoms with Crippen LogP contribution in [0, 0.1) is 11.3 Å². The van der Waals surface area contributed by atoms with Crippen molar-refractivity contribution in [2.24, 2.45) is 17.1 Å². The van der Waals surface area contributed by atoms with E-state index in [1.54, 1.807) is 0 Å². The number of amides is 2. The Morgan fingerprint density at radius 1 is 1.42 bits per heavy atom. The number of rotatable bonds is 6. The lowest BCUT2D eigenvalue weighted by Gasteiger charge is -2.32. The molecule has 7 heteroatoms. The van der Waals surface area contributed by atoms with E-state index in [0.29, 0.717) is 13.0 Å². The summed E-state index contributed by atoms with van der Waals surface area (Å²) in [5.41, 5.74) is 4.37. The highest BCUT2D eigenvalue weighted by Gasteiger charge is 2.45. The largest absolute Gasteiger partial charge is 0.480 e. The summed E-state index contributed by atoms with van der Waals surface area (Å²) in [5, 5.41) is 14.5. The zero-order valence-corrected chi connectivity index (χ0v) is 11.2. The second-order valence-electron chi connectivity index (χ2n) is 5.27. The lowest BCUT2D eigenvalue weighted by Crippen LogP contribution is -2.52. The van der Waals surface area contributed by atoms with Crippen molar-refractivity contribution in [2.45, 2.75) is 32.7 Å². The molecule has 1 unspecified atom stereocenters. The van der Waals surface area contributed by atoms with Crippen LogP contribution < -0.4 is 16.4 Å². The van der Waals surface area contributed by atoms with Crippen molar-refractivity contribution in [3.8, 4) is 0 Å². The summed E-state index contributed by atoms with van der Waals surface area (Å²) in [5.74, 6) is -2.26. The molecule has 1 rings (SSSR count). The first kappa shape index (κ1) is 15.4. The summed E-state index contributed by atoms with van der Waals surface area (Å²) in [4.78, 5) is 34.2. The highest BCUT2D eigenvalue weighted by molar-refractivity contribution is 5.90. The number of hydrogen-bond donors (Lipinski definition) is 4. The Hall–Kier alpha value is -1.63. The lowest BCUT2D eigenvalue weighted by atomic mass is 9.75. The van der Waals surface area contributed by atoms with Gasteiger partial charge >= 0.3 is 5.97 Å². The maximum atomic E-state index is 12.3. The molecule has 1 aliphatic heterocycles. The van der Waals surface area contributed by atoms with E-state index in [1.807, 2.05) is 13.8 Å². The first-order valence-electron chi connectivity index (χ1n) is 6.32. The molecule has 0 aromatic heterocycles. The van der Waals surface area contributed by atoms with Crippen LogP contribution in [0.25, 0.3) is 0 Å². The zero-order chi connectivity index (χ0) is 14.6. The number of carboxylic acid groups (broad SMARTS) is 1. The van der Waals surface area contributed by atoms with Crippen molar-refractivity contribution >= 4 is 17.8 Å². The number of hydrogen-bond acceptors (Lipinski definition) is 4. The number of carboxylic acids is 1. The molecule has 2 amide bonds. The number of primary amides is 1. The normalized spacial score (nSPS) is 24.2. The van der Waals surface area contributed by atoms with Crippen LogP contribution in [0.1, 0.15) is 26.7 Å². The van der Waals surface area contributed by atoms with Gasteiger partial charge < -0.3 is 21.5 Å². The molecule has 5 N–H and O–H groups in total. The molecule has 2 atom stereocenters. The van der Waals surface area contributed by atoms with Crippen molar-refractivity contribution in [1.82, 2.24) is 10.6 Å². The van der Waals surface area contributed by atoms with Crippen molar-refractivity contribution < 1.29 is 19.5 Å². The maximum Gasteiger partial charge on any atom is 0.326 e. The lowest BCUT2D eigenvalue weighted by molar-refractivity contribution is -0.145. The number of carbonyl (C=O) groups excluding carboxylic acids is 2. The predicted molar refractivity (Wildman–Crippen MR) is 68.1 cm³/mol. The summed E-state index contributed by atoms with van der Waals surface area (Å²) in [6.45, 7) is 5.09. The Bertz CT molecular complexity index is 375. The average molecular weight is 271 g/mol. The van der Waals surface area contributed by atoms with E-state index in [2.05, 4.69) is 10.6 Å². The summed E-state index contributed by atoms with van der Waals surface area (Å²) in [7, 11) is 0. The third-order valence-electron chi connectivity index (χ3n) is 3.75. The SMILES string of the molecule is CC(C)C1(C(=O)N[C@H](CC(N)=O)C(=O)O)CCNC1. The van der Waals surface area contributed by atoms with Crippen LogP contribution in [-0.2, 0) is 14.4 Å². The van der Waals surface area contributed by atoms with Gasteiger partial charge in [-0.3, -0.25) is 9.59 Å². The Labute approximate surface area is 111 Å². The fourth-order valence-corrected chi connectivity index (χ4v) is 2.36. The van der Waals surface area contributed by atoms with Gasteiger partial charge in [0, 0.05) is 6.54 Å². The molecule has 0 aliphatic carbocycles. The number of carbonyl (C=O) groups is 3. The minimum atomic E-state index is -1.26. The van der Waals surface area contributed by atoms with Crippen LogP contribution in [-0.4, -0.2) is 42.0 Å². The molecule has 0 aromatic carbocycles. The minimum absolute atomic E-state index is 0.0746. The van der Waals surface area contributed by atoms with Crippen molar-refractivity contribution in [3.05, 3.63) is 0 Å². The van der Waals surface area contributed by atoms with Crippen molar-refractivity contribution in [2.75, 3.05) is 13.1 Å². The van der Waals surface area contributed by atoms with E-state index in [9.17, 15) is 14.4 Å². The van der Waals surface area contributed by atoms with Crippen LogP contribution in [0.5, 0.6) is 0 Å². The summed E-state index contributed by atoms with van der Waals surface area (Å²) < 4.78 is 0. The maximum absolute atomic E-state index is 12.3. The predicted octanol–water partition coefficient (Wildman–Crippen LogP) is -0.933. The molecule has 0 saturated carbocycles. The van der Waals surface area contributed by atoms with Crippen LogP contribution in [0.4, 0.5) is 0 Å². The summed E-state index contributed by atoms with van der Waals surface area (Å²) >= 11 is 0. The standard InChI is InChI=1S/C12H21N3O4/c1-7(2)12(3-4-14-6-12)11(19)15-8(10(17)18)5-9(13)16/h7-8,14H,3-6H2,1-2H3,(H2,13,16)(H,15,19)(H,17,18)/t8-,12?/m1/s1. The molecule has 0 radical (unpaired) electrons. The second kappa shape index (κ2) is 6.01. The molecule has 0 spiro atoms. The van der Waals surface area contributed by atoms with E-state index in [-0.39, 0.29) is 11.8 Å². The van der Waals surface area contributed by atoms with Gasteiger partial charge in [0.1, 0.15) is 6.04 Å². The van der Waals surface area contributed by atoms with Crippen LogP contribution in [0.2, 0.25) is 0 Å². The van der Waals surface area contributed by atoms with Gasteiger partial charge in [0.25, 0.3) is 0 Å². The monoisotopic (exact) mass is 271 g/mol. The smallest absolute Gasteiger partial charge is 0.326 e. The van der Waals surface area contributed by atoms with Crippen molar-refractivity contribution in [3.63, 3.8) is 0 Å². The van der Waals surface area contributed by atoms with Gasteiger partial charge in [0.15, 0.2) is 0 Å². The number of nitrogens with two attached hydrogens (primary N) is 1. The second-order valence-corrected chi connectivity index (χ2v) is 5.27. The molecule has 1 fully saturated rings. The van der Waals surface area contributed by atoms with Gasteiger partial charge in [0.2, 0.25) is 11.8 Å². The summed E-state index contributed by atoms with van der Waals surface area (Å²) in [6, 6.07) is -1.26. The topological polar surface area (TPSA) is 122 Å². The number of aliphatic carboxylic acids is 1. The van der Waals surface area contributed by atoms with Gasteiger partial charge in [-0.15, -0.1) is 0 Å². The molecular weight excluding hydrogens is 250 g/mol. The first-order valence-corrected chi connectivity index (χ1v) is 6.32. The number of nitrogens with one attached hydrogen (secondary N) is 2. The van der Waals surface area contributed by atoms with Crippen LogP contribution in [0.3, 0.4) is 0 Å². The summed E-state index contributed by atoms with van der Waals surface area (Å²) in [6.07, 6.45) is 0.252. The highest BCUT2D eigenvalue weighted by Crippen LogP contribution is 2.34. The van der Waals surface area contributed by atoms with E-state index in [4.69, 9.17) is 10.8 Å². The molecular formula is C12H21N3O4. The third kappa shape index (κ3) is 3.44. The molecule has 108 valence electrons. The first-order chi connectivity index (χ1) is 8.79. The van der Waals surface area contributed by atoms with E-state index in [0.717, 1.165) is 6.54 Å². The van der Waals surface area contributed by atoms with Crippen LogP contribution in [0.15, 0.2) is 0 Å². The van der Waals surface area contributed by atoms with E-state index in [1.165, 1.54) is 0 Å². The van der Waals surface area contributed by atoms with Crippen LogP contribution >= 0.6 is 0 Å². The quantitative estimate of drug-likeness (QED) is 0.497. The third-order valence-corrected chi connectivity index (χ3v) is 3.75. The zero-order valence-electron chi connectivity index (χ0n) is 11.2. The van der Waals surface area contributed by atoms with Gasteiger partial charge in [-0.25, -0.2) is 4.79 Å². The molecule has 0 bridgehead atoms. The Morgan fingerprint density at radius 3 is 2.42 bits per heavy atom. The van der Waals surface area contributed by atoms with Crippen molar-refractivity contribution in [1.29, 1.82) is 0 Å². The fraction of sp³-hybridized carbons (Fsp3) is 0.750. The van der Waals surface area contributed by atoms with Gasteiger partial charge in [0.05, 0.1) is 11.8 Å². The average Bonchev–Trinajstić information content (AvgIpc) is 2.77. The molecule has 7 nitrogen and oxygen atoms in total. The molecule has 1 heterocycles. The molecule has 1 saturated heterocycles. The molecule has 19 heavy (non-hydrogen) atoms. The minimum Gasteiger partial charge on any atom is -0.480 e. The van der Waals surface area contributed by atoms with E-state index < -0.39 is 29.8 Å². The van der Waals surface area contributed by atoms with Gasteiger partial charge in [-0.1, -0.05) is 13.8 Å². The van der Waals surface area contributed by atoms with Gasteiger partial charge in [-0.05, 0) is 18.9 Å². The Balaban J connectivity index is 2.80. The molecule has 1 aliphatic rings. The molecule has 0 aromatic rings. The Kier molecular flexibility index (Phi) is 4.88. The fourth-order valence-electron chi connectivity index (χ4n) is 2.36. The van der Waals surface area contributed by atoms with E-state index >= 15 is 0 Å². The van der Waals surface area contributed by atoms with Gasteiger partial charge in [-0.2, -0.15) is 0 Å². The Morgan fingerprint density at radius 2 is 2.05 bits per heavy atom.